The molecule has 1 aliphatic heterocycles. The molecule has 2 aromatic rings. The van der Waals surface area contributed by atoms with Gasteiger partial charge in [0.1, 0.15) is 11.4 Å². The number of nitrogens with one attached hydrogen (secondary N) is 1. The number of nitrogens with zero attached hydrogens (tertiary/aromatic N) is 1. The fraction of sp³-hybridized carbons (Fsp3) is 0.435. The molecule has 1 fully saturated rings. The Kier molecular flexibility index (Phi) is 5.11. The van der Waals surface area contributed by atoms with Crippen LogP contribution in [0.5, 0.6) is 0 Å². The molecule has 0 bridgehead atoms. The molecule has 2 aliphatic rings. The van der Waals surface area contributed by atoms with E-state index in [2.05, 4.69) is 11.4 Å². The molecule has 1 unspecified atom stereocenters. The number of halogens is 1. The Balaban J connectivity index is 1.36. The second-order valence-corrected chi connectivity index (χ2v) is 8.17. The zero-order chi connectivity index (χ0) is 19.7. The van der Waals surface area contributed by atoms with Gasteiger partial charge in [0.05, 0.1) is 5.69 Å². The molecule has 1 heterocycles. The molecule has 0 spiro atoms. The lowest BCUT2D eigenvalue weighted by atomic mass is 9.79. The molecular formula is C23H27FN2O2. The van der Waals surface area contributed by atoms with Crippen molar-refractivity contribution in [1.29, 1.82) is 0 Å². The Hall–Kier alpha value is -2.40. The quantitative estimate of drug-likeness (QED) is 0.858. The van der Waals surface area contributed by atoms with E-state index < -0.39 is 5.60 Å². The fourth-order valence-corrected chi connectivity index (χ4v) is 4.36. The van der Waals surface area contributed by atoms with Gasteiger partial charge in [0.2, 0.25) is 0 Å². The zero-order valence-corrected chi connectivity index (χ0v) is 16.2. The smallest absolute Gasteiger partial charge is 0.252 e. The van der Waals surface area contributed by atoms with Gasteiger partial charge in [-0.15, -0.1) is 0 Å². The van der Waals surface area contributed by atoms with Crippen LogP contribution in [0.3, 0.4) is 0 Å². The number of hydrogen-bond donors (Lipinski definition) is 2. The highest BCUT2D eigenvalue weighted by molar-refractivity contribution is 5.86. The highest BCUT2D eigenvalue weighted by Gasteiger charge is 2.40. The molecule has 2 N–H and O–H groups in total. The van der Waals surface area contributed by atoms with Gasteiger partial charge < -0.3 is 15.3 Å². The van der Waals surface area contributed by atoms with Crippen molar-refractivity contribution in [2.24, 2.45) is 0 Å². The van der Waals surface area contributed by atoms with E-state index in [1.807, 2.05) is 36.1 Å². The van der Waals surface area contributed by atoms with Crippen LogP contribution in [0, 0.1) is 12.7 Å². The van der Waals surface area contributed by atoms with E-state index in [-0.39, 0.29) is 17.8 Å². The van der Waals surface area contributed by atoms with Crippen LogP contribution in [0.2, 0.25) is 0 Å². The molecule has 5 heteroatoms. The minimum Gasteiger partial charge on any atom is -0.380 e. The van der Waals surface area contributed by atoms with Crippen molar-refractivity contribution >= 4 is 11.6 Å². The summed E-state index contributed by atoms with van der Waals surface area (Å²) < 4.78 is 14.1. The van der Waals surface area contributed by atoms with Crippen molar-refractivity contribution in [2.45, 2.75) is 50.7 Å². The Morgan fingerprint density at radius 3 is 2.64 bits per heavy atom. The third kappa shape index (κ3) is 3.76. The summed E-state index contributed by atoms with van der Waals surface area (Å²) in [6, 6.07) is 13.2. The lowest BCUT2D eigenvalue weighted by Gasteiger charge is -2.37. The normalized spacial score (nSPS) is 22.6. The van der Waals surface area contributed by atoms with Gasteiger partial charge in [-0.05, 0) is 61.4 Å². The van der Waals surface area contributed by atoms with Gasteiger partial charge in [-0.3, -0.25) is 4.79 Å². The largest absolute Gasteiger partial charge is 0.380 e. The number of piperidine rings is 1. The topological polar surface area (TPSA) is 52.6 Å². The lowest BCUT2D eigenvalue weighted by molar-refractivity contribution is -0.141. The number of aryl methyl sites for hydroxylation is 2. The highest BCUT2D eigenvalue weighted by Crippen LogP contribution is 2.30. The van der Waals surface area contributed by atoms with Crippen LogP contribution in [0.1, 0.15) is 36.0 Å². The first-order valence-electron chi connectivity index (χ1n) is 10.1. The van der Waals surface area contributed by atoms with Crippen molar-refractivity contribution < 1.29 is 14.3 Å². The predicted octanol–water partition coefficient (Wildman–Crippen LogP) is 3.14. The van der Waals surface area contributed by atoms with Gasteiger partial charge in [0.25, 0.3) is 5.91 Å². The molecule has 4 nitrogen and oxygen atoms in total. The summed E-state index contributed by atoms with van der Waals surface area (Å²) in [5, 5.41) is 14.0. The summed E-state index contributed by atoms with van der Waals surface area (Å²) in [6.45, 7) is 3.33. The first kappa shape index (κ1) is 18.9. The van der Waals surface area contributed by atoms with Gasteiger partial charge in [-0.2, -0.15) is 0 Å². The van der Waals surface area contributed by atoms with E-state index in [9.17, 15) is 14.3 Å². The third-order valence-electron chi connectivity index (χ3n) is 6.10. The number of carbonyl (C=O) groups is 1. The van der Waals surface area contributed by atoms with Crippen LogP contribution >= 0.6 is 0 Å². The van der Waals surface area contributed by atoms with Crippen molar-refractivity contribution in [1.82, 2.24) is 5.32 Å². The van der Waals surface area contributed by atoms with Crippen molar-refractivity contribution in [3.63, 3.8) is 0 Å². The maximum absolute atomic E-state index is 14.1. The molecule has 148 valence electrons. The lowest BCUT2D eigenvalue weighted by Crippen LogP contribution is -2.55. The Morgan fingerprint density at radius 2 is 1.89 bits per heavy atom. The molecule has 1 aliphatic carbocycles. The minimum atomic E-state index is -1.34. The first-order chi connectivity index (χ1) is 13.4. The van der Waals surface area contributed by atoms with Crippen LogP contribution < -0.4 is 10.2 Å². The van der Waals surface area contributed by atoms with E-state index in [0.717, 1.165) is 24.0 Å². The Bertz CT molecular complexity index is 877. The van der Waals surface area contributed by atoms with Gasteiger partial charge >= 0.3 is 0 Å². The number of carbonyl (C=O) groups excluding carboxylic acids is 1. The van der Waals surface area contributed by atoms with Crippen molar-refractivity contribution in [3.8, 4) is 0 Å². The van der Waals surface area contributed by atoms with E-state index in [1.54, 1.807) is 6.07 Å². The summed E-state index contributed by atoms with van der Waals surface area (Å²) in [5.41, 5.74) is 2.59. The molecular weight excluding hydrogens is 355 g/mol. The average Bonchev–Trinajstić information content (AvgIpc) is 2.70. The number of amides is 1. The number of rotatable bonds is 3. The summed E-state index contributed by atoms with van der Waals surface area (Å²) in [4.78, 5) is 14.9. The number of aliphatic hydroxyl groups is 1. The summed E-state index contributed by atoms with van der Waals surface area (Å²) in [6.07, 6.45) is 3.01. The molecule has 1 atom stereocenters. The predicted molar refractivity (Wildman–Crippen MR) is 108 cm³/mol. The van der Waals surface area contributed by atoms with Crippen LogP contribution in [0.4, 0.5) is 10.1 Å². The number of hydrogen-bond acceptors (Lipinski definition) is 3. The summed E-state index contributed by atoms with van der Waals surface area (Å²) in [5.74, 6) is -0.481. The third-order valence-corrected chi connectivity index (χ3v) is 6.10. The van der Waals surface area contributed by atoms with E-state index in [0.29, 0.717) is 38.0 Å². The summed E-state index contributed by atoms with van der Waals surface area (Å²) >= 11 is 0. The van der Waals surface area contributed by atoms with Crippen LogP contribution in [-0.2, 0) is 17.6 Å². The van der Waals surface area contributed by atoms with Crippen LogP contribution in [0.15, 0.2) is 42.5 Å². The first-order valence-corrected chi connectivity index (χ1v) is 10.1. The van der Waals surface area contributed by atoms with Crippen LogP contribution in [-0.4, -0.2) is 35.7 Å². The molecule has 4 rings (SSSR count). The molecule has 2 aromatic carbocycles. The molecule has 28 heavy (non-hydrogen) atoms. The SMILES string of the molecule is Cc1ccc(F)c(N2CCC(NC(=O)C3(O)CCc4ccccc4C3)CC2)c1. The van der Waals surface area contributed by atoms with Crippen molar-refractivity contribution in [3.05, 3.63) is 65.0 Å². The highest BCUT2D eigenvalue weighted by atomic mass is 19.1. The number of fused-ring (bicyclic) bond motifs is 1. The van der Waals surface area contributed by atoms with Gasteiger partial charge in [-0.1, -0.05) is 30.3 Å². The van der Waals surface area contributed by atoms with Crippen LogP contribution in [0.25, 0.3) is 0 Å². The monoisotopic (exact) mass is 382 g/mol. The number of benzene rings is 2. The summed E-state index contributed by atoms with van der Waals surface area (Å²) in [7, 11) is 0. The Morgan fingerprint density at radius 1 is 1.18 bits per heavy atom. The zero-order valence-electron chi connectivity index (χ0n) is 16.2. The average molecular weight is 382 g/mol. The Labute approximate surface area is 165 Å². The molecule has 0 aromatic heterocycles. The second kappa shape index (κ2) is 7.55. The fourth-order valence-electron chi connectivity index (χ4n) is 4.36. The van der Waals surface area contributed by atoms with Gasteiger partial charge in [0.15, 0.2) is 0 Å². The molecule has 0 saturated carbocycles. The van der Waals surface area contributed by atoms with Gasteiger partial charge in [-0.25, -0.2) is 4.39 Å². The maximum atomic E-state index is 14.1. The minimum absolute atomic E-state index is 0.0119. The maximum Gasteiger partial charge on any atom is 0.252 e. The van der Waals surface area contributed by atoms with E-state index in [1.165, 1.54) is 11.6 Å². The van der Waals surface area contributed by atoms with Gasteiger partial charge in [0, 0.05) is 25.6 Å². The van der Waals surface area contributed by atoms with E-state index in [4.69, 9.17) is 0 Å². The van der Waals surface area contributed by atoms with E-state index >= 15 is 0 Å². The molecule has 1 saturated heterocycles. The molecule has 1 amide bonds. The standard InChI is InChI=1S/C23H27FN2O2/c1-16-6-7-20(24)21(14-16)26-12-9-19(10-13-26)25-22(27)23(28)11-8-17-4-2-3-5-18(17)15-23/h2-7,14,19,28H,8-13,15H2,1H3,(H,25,27). The second-order valence-electron chi connectivity index (χ2n) is 8.17. The van der Waals surface area contributed by atoms with Crippen molar-refractivity contribution in [2.75, 3.05) is 18.0 Å². The molecule has 0 radical (unpaired) electrons. The number of anilines is 1.